The van der Waals surface area contributed by atoms with Crippen LogP contribution in [0.4, 0.5) is 17.8 Å². The Bertz CT molecular complexity index is 330. The SMILES string of the molecule is CCNc1nc(N)nc(NC2CC2)n1.Cl.Cl. The molecule has 4 N–H and O–H groups in total. The van der Waals surface area contributed by atoms with Crippen molar-refractivity contribution < 1.29 is 0 Å². The van der Waals surface area contributed by atoms with Gasteiger partial charge in [-0.3, -0.25) is 0 Å². The van der Waals surface area contributed by atoms with Crippen molar-refractivity contribution in [3.8, 4) is 0 Å². The average molecular weight is 267 g/mol. The molecular weight excluding hydrogens is 251 g/mol. The first-order valence-electron chi connectivity index (χ1n) is 4.80. The molecule has 0 atom stereocenters. The van der Waals surface area contributed by atoms with Crippen LogP contribution in [0, 0.1) is 0 Å². The minimum Gasteiger partial charge on any atom is -0.368 e. The van der Waals surface area contributed by atoms with Crippen molar-refractivity contribution in [2.75, 3.05) is 22.9 Å². The van der Waals surface area contributed by atoms with E-state index in [4.69, 9.17) is 5.73 Å². The van der Waals surface area contributed by atoms with E-state index in [0.717, 1.165) is 6.54 Å². The average Bonchev–Trinajstić information content (AvgIpc) is 2.87. The third kappa shape index (κ3) is 4.24. The molecule has 0 saturated heterocycles. The first-order chi connectivity index (χ1) is 6.78. The maximum atomic E-state index is 5.54. The van der Waals surface area contributed by atoms with E-state index in [1.54, 1.807) is 0 Å². The molecule has 1 aromatic heterocycles. The molecule has 1 aliphatic rings. The van der Waals surface area contributed by atoms with Crippen LogP contribution in [0.5, 0.6) is 0 Å². The van der Waals surface area contributed by atoms with Gasteiger partial charge in [0.1, 0.15) is 0 Å². The Morgan fingerprint density at radius 1 is 1.19 bits per heavy atom. The van der Waals surface area contributed by atoms with Crippen LogP contribution in [0.1, 0.15) is 19.8 Å². The molecule has 1 fully saturated rings. The summed E-state index contributed by atoms with van der Waals surface area (Å²) in [5.41, 5.74) is 5.54. The van der Waals surface area contributed by atoms with Crippen LogP contribution < -0.4 is 16.4 Å². The molecule has 0 spiro atoms. The van der Waals surface area contributed by atoms with E-state index >= 15 is 0 Å². The molecule has 1 aromatic rings. The highest BCUT2D eigenvalue weighted by Crippen LogP contribution is 2.23. The molecule has 6 nitrogen and oxygen atoms in total. The van der Waals surface area contributed by atoms with E-state index in [1.165, 1.54) is 12.8 Å². The summed E-state index contributed by atoms with van der Waals surface area (Å²) in [6.07, 6.45) is 2.37. The Labute approximate surface area is 107 Å². The third-order valence-corrected chi connectivity index (χ3v) is 1.90. The van der Waals surface area contributed by atoms with Gasteiger partial charge >= 0.3 is 0 Å². The summed E-state index contributed by atoms with van der Waals surface area (Å²) >= 11 is 0. The highest BCUT2D eigenvalue weighted by atomic mass is 35.5. The zero-order valence-electron chi connectivity index (χ0n) is 8.93. The maximum Gasteiger partial charge on any atom is 0.229 e. The Morgan fingerprint density at radius 3 is 2.38 bits per heavy atom. The standard InChI is InChI=1S/C8H14N6.2ClH/c1-2-10-7-12-6(9)13-8(14-7)11-5-3-4-5;;/h5H,2-4H2,1H3,(H4,9,10,11,12,13,14);2*1H. The summed E-state index contributed by atoms with van der Waals surface area (Å²) in [4.78, 5) is 12.1. The topological polar surface area (TPSA) is 88.8 Å². The smallest absolute Gasteiger partial charge is 0.229 e. The van der Waals surface area contributed by atoms with Crippen LogP contribution in [0.3, 0.4) is 0 Å². The molecule has 0 amide bonds. The summed E-state index contributed by atoms with van der Waals surface area (Å²) in [6, 6.07) is 0.520. The number of hydrogen-bond donors (Lipinski definition) is 3. The fourth-order valence-electron chi connectivity index (χ4n) is 1.10. The van der Waals surface area contributed by atoms with Gasteiger partial charge in [-0.2, -0.15) is 15.0 Å². The van der Waals surface area contributed by atoms with Crippen molar-refractivity contribution in [3.05, 3.63) is 0 Å². The summed E-state index contributed by atoms with van der Waals surface area (Å²) in [6.45, 7) is 2.75. The molecule has 0 aromatic carbocycles. The Morgan fingerprint density at radius 2 is 1.81 bits per heavy atom. The van der Waals surface area contributed by atoms with Crippen molar-refractivity contribution in [2.24, 2.45) is 0 Å². The second-order valence-electron chi connectivity index (χ2n) is 3.29. The van der Waals surface area contributed by atoms with Crippen LogP contribution in [-0.2, 0) is 0 Å². The van der Waals surface area contributed by atoms with Gasteiger partial charge in [0.05, 0.1) is 0 Å². The number of rotatable bonds is 4. The summed E-state index contributed by atoms with van der Waals surface area (Å²) in [5, 5.41) is 6.17. The Balaban J connectivity index is 0.00000112. The van der Waals surface area contributed by atoms with Crippen molar-refractivity contribution in [2.45, 2.75) is 25.8 Å². The number of aromatic nitrogens is 3. The zero-order chi connectivity index (χ0) is 9.97. The normalized spacial score (nSPS) is 13.3. The molecule has 1 saturated carbocycles. The van der Waals surface area contributed by atoms with Gasteiger partial charge in [-0.05, 0) is 19.8 Å². The van der Waals surface area contributed by atoms with Gasteiger partial charge in [-0.15, -0.1) is 24.8 Å². The predicted octanol–water partition coefficient (Wildman–Crippen LogP) is 1.30. The second-order valence-corrected chi connectivity index (χ2v) is 3.29. The van der Waals surface area contributed by atoms with Gasteiger partial charge in [0.15, 0.2) is 0 Å². The number of hydrogen-bond acceptors (Lipinski definition) is 6. The van der Waals surface area contributed by atoms with Crippen molar-refractivity contribution >= 4 is 42.7 Å². The van der Waals surface area contributed by atoms with Crippen molar-refractivity contribution in [3.63, 3.8) is 0 Å². The molecule has 2 rings (SSSR count). The highest BCUT2D eigenvalue weighted by Gasteiger charge is 2.22. The third-order valence-electron chi connectivity index (χ3n) is 1.90. The molecular formula is C8H16Cl2N6. The molecule has 0 unspecified atom stereocenters. The first-order valence-corrected chi connectivity index (χ1v) is 4.80. The van der Waals surface area contributed by atoms with Gasteiger partial charge in [0.25, 0.3) is 0 Å². The van der Waals surface area contributed by atoms with Crippen LogP contribution in [0.2, 0.25) is 0 Å². The first kappa shape index (κ1) is 15.0. The van der Waals surface area contributed by atoms with Gasteiger partial charge in [0, 0.05) is 12.6 Å². The number of nitrogens with two attached hydrogens (primary N) is 1. The van der Waals surface area contributed by atoms with E-state index in [9.17, 15) is 0 Å². The number of nitrogen functional groups attached to an aromatic ring is 1. The van der Waals surface area contributed by atoms with Crippen molar-refractivity contribution in [1.29, 1.82) is 0 Å². The van der Waals surface area contributed by atoms with Gasteiger partial charge in [-0.25, -0.2) is 0 Å². The molecule has 1 heterocycles. The molecule has 1 aliphatic carbocycles. The molecule has 0 radical (unpaired) electrons. The largest absolute Gasteiger partial charge is 0.368 e. The molecule has 0 bridgehead atoms. The van der Waals surface area contributed by atoms with E-state index in [2.05, 4.69) is 25.6 Å². The molecule has 92 valence electrons. The molecule has 0 aliphatic heterocycles. The lowest BCUT2D eigenvalue weighted by Crippen LogP contribution is -2.11. The quantitative estimate of drug-likeness (QED) is 0.762. The zero-order valence-corrected chi connectivity index (χ0v) is 10.6. The van der Waals surface area contributed by atoms with E-state index in [-0.39, 0.29) is 30.8 Å². The minimum atomic E-state index is 0. The van der Waals surface area contributed by atoms with Crippen molar-refractivity contribution in [1.82, 2.24) is 15.0 Å². The fourth-order valence-corrected chi connectivity index (χ4v) is 1.10. The number of anilines is 3. The minimum absolute atomic E-state index is 0. The molecule has 16 heavy (non-hydrogen) atoms. The second kappa shape index (κ2) is 6.55. The van der Waals surface area contributed by atoms with Crippen LogP contribution in [-0.4, -0.2) is 27.5 Å². The lowest BCUT2D eigenvalue weighted by molar-refractivity contribution is 0.995. The highest BCUT2D eigenvalue weighted by molar-refractivity contribution is 5.85. The van der Waals surface area contributed by atoms with Gasteiger partial charge < -0.3 is 16.4 Å². The summed E-state index contributed by atoms with van der Waals surface area (Å²) in [5.74, 6) is 1.35. The van der Waals surface area contributed by atoms with E-state index in [1.807, 2.05) is 6.92 Å². The van der Waals surface area contributed by atoms with E-state index < -0.39 is 0 Å². The lowest BCUT2D eigenvalue weighted by Gasteiger charge is -2.06. The monoisotopic (exact) mass is 266 g/mol. The predicted molar refractivity (Wildman–Crippen MR) is 69.5 cm³/mol. The fraction of sp³-hybridized carbons (Fsp3) is 0.625. The lowest BCUT2D eigenvalue weighted by atomic mass is 10.7. The maximum absolute atomic E-state index is 5.54. The van der Waals surface area contributed by atoms with Gasteiger partial charge in [-0.1, -0.05) is 0 Å². The summed E-state index contributed by atoms with van der Waals surface area (Å²) in [7, 11) is 0. The number of nitrogens with zero attached hydrogens (tertiary/aromatic N) is 3. The van der Waals surface area contributed by atoms with Crippen LogP contribution in [0.25, 0.3) is 0 Å². The number of nitrogens with one attached hydrogen (secondary N) is 2. The summed E-state index contributed by atoms with van der Waals surface area (Å²) < 4.78 is 0. The van der Waals surface area contributed by atoms with E-state index in [0.29, 0.717) is 17.9 Å². The Hall–Kier alpha value is -1.01. The van der Waals surface area contributed by atoms with Crippen LogP contribution >= 0.6 is 24.8 Å². The Kier molecular flexibility index (Phi) is 6.13. The van der Waals surface area contributed by atoms with Gasteiger partial charge in [0.2, 0.25) is 17.8 Å². The van der Waals surface area contributed by atoms with Crippen LogP contribution in [0.15, 0.2) is 0 Å². The number of halogens is 2. The molecule has 8 heteroatoms.